The summed E-state index contributed by atoms with van der Waals surface area (Å²) in [5, 5.41) is 4.55. The Morgan fingerprint density at radius 1 is 1.09 bits per heavy atom. The molecule has 1 fully saturated rings. The second-order valence-electron chi connectivity index (χ2n) is 9.61. The van der Waals surface area contributed by atoms with Crippen LogP contribution < -0.4 is 10.2 Å². The van der Waals surface area contributed by atoms with Gasteiger partial charge in [0.2, 0.25) is 0 Å². The zero-order valence-electron chi connectivity index (χ0n) is 20.1. The Bertz CT molecular complexity index is 1150. The maximum atomic E-state index is 13.6. The van der Waals surface area contributed by atoms with Gasteiger partial charge in [-0.25, -0.2) is 19.3 Å². The van der Waals surface area contributed by atoms with Crippen LogP contribution in [0.1, 0.15) is 20.8 Å². The number of carbonyl (C=O) groups excluding carboxylic acids is 1. The van der Waals surface area contributed by atoms with Gasteiger partial charge in [0.05, 0.1) is 17.5 Å². The number of hydrogen-bond acceptors (Lipinski definition) is 5. The van der Waals surface area contributed by atoms with Crippen molar-refractivity contribution >= 4 is 40.6 Å². The average molecular weight is 448 g/mol. The van der Waals surface area contributed by atoms with Gasteiger partial charge in [0.25, 0.3) is 0 Å². The summed E-state index contributed by atoms with van der Waals surface area (Å²) in [4.78, 5) is 28.8. The molecule has 1 aliphatic heterocycles. The topological polar surface area (TPSA) is 69.0 Å². The second kappa shape index (κ2) is 9.13. The van der Waals surface area contributed by atoms with E-state index in [2.05, 4.69) is 47.0 Å². The zero-order chi connectivity index (χ0) is 23.6. The molecule has 0 radical (unpaired) electrons. The van der Waals surface area contributed by atoms with E-state index in [1.807, 2.05) is 66.5 Å². The Kier molecular flexibility index (Phi) is 6.26. The van der Waals surface area contributed by atoms with Crippen LogP contribution in [0, 0.1) is 0 Å². The first-order chi connectivity index (χ1) is 15.7. The molecule has 4 rings (SSSR count). The monoisotopic (exact) mass is 447 g/mol. The summed E-state index contributed by atoms with van der Waals surface area (Å²) in [5.74, 6) is 1.57. The van der Waals surface area contributed by atoms with E-state index in [4.69, 9.17) is 0 Å². The Labute approximate surface area is 195 Å². The molecule has 0 atom stereocenters. The highest BCUT2D eigenvalue weighted by Gasteiger charge is 2.27. The Balaban J connectivity index is 1.55. The number of pyridine rings is 1. The van der Waals surface area contributed by atoms with E-state index in [1.54, 1.807) is 10.9 Å². The number of benzene rings is 1. The number of rotatable bonds is 4. The van der Waals surface area contributed by atoms with Crippen LogP contribution in [0.3, 0.4) is 0 Å². The van der Waals surface area contributed by atoms with Gasteiger partial charge in [-0.05, 0) is 45.0 Å². The van der Waals surface area contributed by atoms with E-state index in [9.17, 15) is 4.79 Å². The summed E-state index contributed by atoms with van der Waals surface area (Å²) >= 11 is 0. The first kappa shape index (κ1) is 22.6. The standard InChI is InChI=1S/C25H33N7O/c1-25(2,3)28-20-10-8-12-26-23(20)30-13-15-31(16-14-30)24(33)32-21-11-7-6-9-19(21)17-22(32)27-18-29(4)5/h6-12,17-18,28H,13-16H2,1-5H3/b27-18+. The first-order valence-electron chi connectivity index (χ1n) is 11.3. The van der Waals surface area contributed by atoms with E-state index >= 15 is 0 Å². The molecule has 8 nitrogen and oxygen atoms in total. The molecule has 3 aromatic rings. The van der Waals surface area contributed by atoms with Crippen molar-refractivity contribution in [3.63, 3.8) is 0 Å². The molecule has 1 N–H and O–H groups in total. The fraction of sp³-hybridized carbons (Fsp3) is 0.400. The maximum Gasteiger partial charge on any atom is 0.330 e. The van der Waals surface area contributed by atoms with Gasteiger partial charge in [-0.2, -0.15) is 0 Å². The fourth-order valence-electron chi connectivity index (χ4n) is 4.01. The van der Waals surface area contributed by atoms with Crippen LogP contribution in [0.2, 0.25) is 0 Å². The van der Waals surface area contributed by atoms with Gasteiger partial charge in [-0.15, -0.1) is 0 Å². The van der Waals surface area contributed by atoms with Crippen molar-refractivity contribution in [2.24, 2.45) is 4.99 Å². The summed E-state index contributed by atoms with van der Waals surface area (Å²) in [6.45, 7) is 9.09. The molecule has 1 amide bonds. The number of amides is 1. The molecule has 0 aliphatic carbocycles. The van der Waals surface area contributed by atoms with Crippen LogP contribution >= 0.6 is 0 Å². The number of fused-ring (bicyclic) bond motifs is 1. The summed E-state index contributed by atoms with van der Waals surface area (Å²) in [7, 11) is 3.83. The minimum absolute atomic E-state index is 0.0455. The number of carbonyl (C=O) groups is 1. The van der Waals surface area contributed by atoms with Crippen LogP contribution in [0.25, 0.3) is 10.9 Å². The fourth-order valence-corrected chi connectivity index (χ4v) is 4.01. The van der Waals surface area contributed by atoms with Crippen LogP contribution in [0.5, 0.6) is 0 Å². The quantitative estimate of drug-likeness (QED) is 0.478. The number of nitrogens with zero attached hydrogens (tertiary/aromatic N) is 6. The van der Waals surface area contributed by atoms with Crippen molar-refractivity contribution in [3.05, 3.63) is 48.7 Å². The van der Waals surface area contributed by atoms with Crippen molar-refractivity contribution in [1.82, 2.24) is 19.4 Å². The third kappa shape index (κ3) is 5.10. The van der Waals surface area contributed by atoms with Gasteiger partial charge < -0.3 is 20.0 Å². The van der Waals surface area contributed by atoms with E-state index in [-0.39, 0.29) is 11.6 Å². The number of anilines is 2. The number of hydrogen-bond donors (Lipinski definition) is 1. The number of aromatic nitrogens is 2. The molecule has 1 aromatic carbocycles. The highest BCUT2D eigenvalue weighted by Crippen LogP contribution is 2.29. The highest BCUT2D eigenvalue weighted by molar-refractivity contribution is 5.96. The van der Waals surface area contributed by atoms with Crippen LogP contribution in [0.15, 0.2) is 53.7 Å². The molecule has 0 spiro atoms. The Hall–Kier alpha value is -3.55. The maximum absolute atomic E-state index is 13.6. The molecule has 3 heterocycles. The molecular formula is C25H33N7O. The van der Waals surface area contributed by atoms with Crippen molar-refractivity contribution in [2.45, 2.75) is 26.3 Å². The molecule has 1 saturated heterocycles. The molecular weight excluding hydrogens is 414 g/mol. The predicted octanol–water partition coefficient (Wildman–Crippen LogP) is 4.26. The third-order valence-electron chi connectivity index (χ3n) is 5.45. The Morgan fingerprint density at radius 3 is 2.52 bits per heavy atom. The van der Waals surface area contributed by atoms with E-state index in [0.717, 1.165) is 35.5 Å². The van der Waals surface area contributed by atoms with Gasteiger partial charge in [-0.1, -0.05) is 18.2 Å². The van der Waals surface area contributed by atoms with E-state index in [0.29, 0.717) is 18.9 Å². The van der Waals surface area contributed by atoms with Gasteiger partial charge in [0.1, 0.15) is 5.82 Å². The molecule has 2 aromatic heterocycles. The first-order valence-corrected chi connectivity index (χ1v) is 11.3. The smallest absolute Gasteiger partial charge is 0.330 e. The number of aliphatic imine (C=N–C) groups is 1. The Morgan fingerprint density at radius 2 is 1.82 bits per heavy atom. The van der Waals surface area contributed by atoms with Crippen LogP contribution in [0.4, 0.5) is 22.1 Å². The van der Waals surface area contributed by atoms with Crippen molar-refractivity contribution in [3.8, 4) is 0 Å². The summed E-state index contributed by atoms with van der Waals surface area (Å²) < 4.78 is 1.72. The van der Waals surface area contributed by atoms with E-state index in [1.165, 1.54) is 0 Å². The van der Waals surface area contributed by atoms with Gasteiger partial charge >= 0.3 is 6.03 Å². The lowest BCUT2D eigenvalue weighted by atomic mass is 10.1. The lowest BCUT2D eigenvalue weighted by Crippen LogP contribution is -2.50. The van der Waals surface area contributed by atoms with E-state index < -0.39 is 0 Å². The minimum atomic E-state index is -0.0610. The lowest BCUT2D eigenvalue weighted by molar-refractivity contribution is 0.197. The SMILES string of the molecule is CN(C)/C=N/c1cc2ccccc2n1C(=O)N1CCN(c2ncccc2NC(C)(C)C)CC1. The van der Waals surface area contributed by atoms with Gasteiger partial charge in [0.15, 0.2) is 5.82 Å². The van der Waals surface area contributed by atoms with Crippen molar-refractivity contribution < 1.29 is 4.79 Å². The predicted molar refractivity (Wildman–Crippen MR) is 136 cm³/mol. The number of nitrogens with one attached hydrogen (secondary N) is 1. The molecule has 0 unspecified atom stereocenters. The number of para-hydroxylation sites is 1. The lowest BCUT2D eigenvalue weighted by Gasteiger charge is -2.37. The van der Waals surface area contributed by atoms with Gasteiger partial charge in [0, 0.05) is 57.4 Å². The molecule has 0 saturated carbocycles. The third-order valence-corrected chi connectivity index (χ3v) is 5.45. The van der Waals surface area contributed by atoms with Crippen molar-refractivity contribution in [1.29, 1.82) is 0 Å². The van der Waals surface area contributed by atoms with Crippen LogP contribution in [-0.2, 0) is 0 Å². The minimum Gasteiger partial charge on any atom is -0.377 e. The largest absolute Gasteiger partial charge is 0.377 e. The average Bonchev–Trinajstić information content (AvgIpc) is 3.15. The van der Waals surface area contributed by atoms with Gasteiger partial charge in [-0.3, -0.25) is 0 Å². The van der Waals surface area contributed by atoms with Crippen LogP contribution in [-0.4, -0.2) is 77.5 Å². The zero-order valence-corrected chi connectivity index (χ0v) is 20.1. The summed E-state index contributed by atoms with van der Waals surface area (Å²) in [5.41, 5.74) is 1.83. The second-order valence-corrected chi connectivity index (χ2v) is 9.61. The molecule has 1 aliphatic rings. The normalized spacial score (nSPS) is 14.8. The highest BCUT2D eigenvalue weighted by atomic mass is 16.2. The molecule has 0 bridgehead atoms. The molecule has 8 heteroatoms. The number of piperazine rings is 1. The van der Waals surface area contributed by atoms with Crippen molar-refractivity contribution in [2.75, 3.05) is 50.5 Å². The summed E-state index contributed by atoms with van der Waals surface area (Å²) in [6, 6.07) is 13.8. The summed E-state index contributed by atoms with van der Waals surface area (Å²) in [6.07, 6.45) is 3.54. The molecule has 33 heavy (non-hydrogen) atoms. The molecule has 174 valence electrons.